The largest absolute Gasteiger partial charge is 0.312 e. The van der Waals surface area contributed by atoms with Crippen LogP contribution in [-0.4, -0.2) is 19.0 Å². The third kappa shape index (κ3) is 2.71. The highest BCUT2D eigenvalue weighted by Gasteiger charge is 2.36. The SMILES string of the molecule is CCNC1CCN(C(=O)C2CCCC2C)c2ccccc21. The van der Waals surface area contributed by atoms with Gasteiger partial charge < -0.3 is 10.2 Å². The van der Waals surface area contributed by atoms with Crippen LogP contribution in [0.2, 0.25) is 0 Å². The topological polar surface area (TPSA) is 32.3 Å². The van der Waals surface area contributed by atoms with E-state index >= 15 is 0 Å². The lowest BCUT2D eigenvalue weighted by Crippen LogP contribution is -2.43. The van der Waals surface area contributed by atoms with E-state index < -0.39 is 0 Å². The van der Waals surface area contributed by atoms with Crippen LogP contribution < -0.4 is 10.2 Å². The smallest absolute Gasteiger partial charge is 0.230 e. The lowest BCUT2D eigenvalue weighted by molar-refractivity contribution is -0.123. The quantitative estimate of drug-likeness (QED) is 0.922. The summed E-state index contributed by atoms with van der Waals surface area (Å²) >= 11 is 0. The molecule has 3 unspecified atom stereocenters. The average Bonchev–Trinajstić information content (AvgIpc) is 2.93. The number of hydrogen-bond donors (Lipinski definition) is 1. The third-order valence-electron chi connectivity index (χ3n) is 5.14. The van der Waals surface area contributed by atoms with Crippen LogP contribution in [0.1, 0.15) is 51.1 Å². The maximum absolute atomic E-state index is 12.9. The van der Waals surface area contributed by atoms with E-state index in [1.54, 1.807) is 0 Å². The number of anilines is 1. The Morgan fingerprint density at radius 1 is 1.29 bits per heavy atom. The summed E-state index contributed by atoms with van der Waals surface area (Å²) in [6.45, 7) is 6.18. The molecule has 0 bridgehead atoms. The molecule has 1 fully saturated rings. The third-order valence-corrected chi connectivity index (χ3v) is 5.14. The number of benzene rings is 1. The van der Waals surface area contributed by atoms with E-state index in [0.717, 1.165) is 31.6 Å². The van der Waals surface area contributed by atoms with Gasteiger partial charge in [0.15, 0.2) is 0 Å². The molecule has 1 heterocycles. The zero-order valence-corrected chi connectivity index (χ0v) is 13.1. The first kappa shape index (κ1) is 14.6. The van der Waals surface area contributed by atoms with Crippen molar-refractivity contribution in [2.24, 2.45) is 11.8 Å². The first-order valence-electron chi connectivity index (χ1n) is 8.36. The minimum atomic E-state index is 0.230. The molecule has 0 saturated heterocycles. The average molecular weight is 286 g/mol. The fourth-order valence-electron chi connectivity index (χ4n) is 3.96. The van der Waals surface area contributed by atoms with Crippen molar-refractivity contribution in [3.05, 3.63) is 29.8 Å². The second-order valence-electron chi connectivity index (χ2n) is 6.46. The van der Waals surface area contributed by atoms with Crippen LogP contribution >= 0.6 is 0 Å². The van der Waals surface area contributed by atoms with E-state index in [1.807, 2.05) is 6.07 Å². The second-order valence-corrected chi connectivity index (χ2v) is 6.46. The molecule has 1 saturated carbocycles. The molecule has 0 radical (unpaired) electrons. The van der Waals surface area contributed by atoms with Gasteiger partial charge in [-0.25, -0.2) is 0 Å². The number of fused-ring (bicyclic) bond motifs is 1. The molecule has 3 atom stereocenters. The molecule has 1 N–H and O–H groups in total. The van der Waals surface area contributed by atoms with Gasteiger partial charge in [-0.15, -0.1) is 0 Å². The van der Waals surface area contributed by atoms with Crippen LogP contribution in [0, 0.1) is 11.8 Å². The Balaban J connectivity index is 1.87. The van der Waals surface area contributed by atoms with Gasteiger partial charge in [0, 0.05) is 24.2 Å². The summed E-state index contributed by atoms with van der Waals surface area (Å²) in [5, 5.41) is 3.54. The van der Waals surface area contributed by atoms with Gasteiger partial charge in [0.2, 0.25) is 5.91 Å². The van der Waals surface area contributed by atoms with E-state index in [0.29, 0.717) is 17.9 Å². The first-order valence-corrected chi connectivity index (χ1v) is 8.36. The van der Waals surface area contributed by atoms with Crippen LogP contribution in [-0.2, 0) is 4.79 Å². The van der Waals surface area contributed by atoms with E-state index in [-0.39, 0.29) is 5.92 Å². The number of nitrogens with zero attached hydrogens (tertiary/aromatic N) is 1. The van der Waals surface area contributed by atoms with Gasteiger partial charge in [0.1, 0.15) is 0 Å². The molecule has 0 spiro atoms. The molecule has 3 nitrogen and oxygen atoms in total. The maximum atomic E-state index is 12.9. The van der Waals surface area contributed by atoms with E-state index in [2.05, 4.69) is 42.3 Å². The van der Waals surface area contributed by atoms with Gasteiger partial charge in [-0.1, -0.05) is 38.5 Å². The summed E-state index contributed by atoms with van der Waals surface area (Å²) in [6.07, 6.45) is 4.48. The molecular weight excluding hydrogens is 260 g/mol. The van der Waals surface area contributed by atoms with Gasteiger partial charge in [-0.2, -0.15) is 0 Å². The van der Waals surface area contributed by atoms with Crippen molar-refractivity contribution in [3.63, 3.8) is 0 Å². The van der Waals surface area contributed by atoms with Gasteiger partial charge in [-0.05, 0) is 43.4 Å². The highest BCUT2D eigenvalue weighted by Crippen LogP contribution is 2.38. The molecular formula is C18H26N2O. The molecule has 3 rings (SSSR count). The fourth-order valence-corrected chi connectivity index (χ4v) is 3.96. The van der Waals surface area contributed by atoms with Gasteiger partial charge in [0.25, 0.3) is 0 Å². The number of nitrogens with one attached hydrogen (secondary N) is 1. The lowest BCUT2D eigenvalue weighted by Gasteiger charge is -2.36. The van der Waals surface area contributed by atoms with Crippen molar-refractivity contribution in [3.8, 4) is 0 Å². The van der Waals surface area contributed by atoms with E-state index in [9.17, 15) is 4.79 Å². The lowest BCUT2D eigenvalue weighted by atomic mass is 9.92. The molecule has 1 aromatic carbocycles. The number of hydrogen-bond acceptors (Lipinski definition) is 2. The molecule has 21 heavy (non-hydrogen) atoms. The molecule has 1 aromatic rings. The van der Waals surface area contributed by atoms with Gasteiger partial charge in [0.05, 0.1) is 0 Å². The minimum absolute atomic E-state index is 0.230. The number of para-hydroxylation sites is 1. The van der Waals surface area contributed by atoms with Crippen molar-refractivity contribution < 1.29 is 4.79 Å². The number of carbonyl (C=O) groups is 1. The molecule has 3 heteroatoms. The predicted octanol–water partition coefficient (Wildman–Crippen LogP) is 3.51. The summed E-state index contributed by atoms with van der Waals surface area (Å²) in [4.78, 5) is 15.0. The molecule has 0 aromatic heterocycles. The first-order chi connectivity index (χ1) is 10.2. The summed E-state index contributed by atoms with van der Waals surface area (Å²) in [5.74, 6) is 1.12. The van der Waals surface area contributed by atoms with E-state index in [4.69, 9.17) is 0 Å². The molecule has 2 aliphatic rings. The fraction of sp³-hybridized carbons (Fsp3) is 0.611. The molecule has 1 aliphatic carbocycles. The normalized spacial score (nSPS) is 28.5. The Morgan fingerprint density at radius 3 is 2.81 bits per heavy atom. The highest BCUT2D eigenvalue weighted by molar-refractivity contribution is 5.96. The van der Waals surface area contributed by atoms with Crippen molar-refractivity contribution in [2.45, 2.75) is 45.6 Å². The summed E-state index contributed by atoms with van der Waals surface area (Å²) < 4.78 is 0. The number of carbonyl (C=O) groups excluding carboxylic acids is 1. The Bertz CT molecular complexity index is 514. The van der Waals surface area contributed by atoms with Crippen LogP contribution in [0.3, 0.4) is 0 Å². The van der Waals surface area contributed by atoms with Crippen LogP contribution in [0.4, 0.5) is 5.69 Å². The standard InChI is InChI=1S/C18H26N2O/c1-3-19-16-11-12-20(17-10-5-4-8-15(16)17)18(21)14-9-6-7-13(14)2/h4-5,8,10,13-14,16,19H,3,6-7,9,11-12H2,1-2H3. The van der Waals surface area contributed by atoms with Crippen LogP contribution in [0.5, 0.6) is 0 Å². The molecule has 114 valence electrons. The Labute approximate surface area is 127 Å². The van der Waals surface area contributed by atoms with Crippen molar-refractivity contribution in [1.82, 2.24) is 5.32 Å². The zero-order valence-electron chi connectivity index (χ0n) is 13.1. The van der Waals surface area contributed by atoms with Crippen LogP contribution in [0.15, 0.2) is 24.3 Å². The van der Waals surface area contributed by atoms with Crippen molar-refractivity contribution in [2.75, 3.05) is 18.0 Å². The van der Waals surface area contributed by atoms with E-state index in [1.165, 1.54) is 18.4 Å². The number of rotatable bonds is 3. The molecule has 1 aliphatic heterocycles. The Kier molecular flexibility index (Phi) is 4.29. The Morgan fingerprint density at radius 2 is 2.10 bits per heavy atom. The summed E-state index contributed by atoms with van der Waals surface area (Å²) in [7, 11) is 0. The molecule has 1 amide bonds. The van der Waals surface area contributed by atoms with Crippen molar-refractivity contribution >= 4 is 11.6 Å². The van der Waals surface area contributed by atoms with Crippen LogP contribution in [0.25, 0.3) is 0 Å². The zero-order chi connectivity index (χ0) is 14.8. The summed E-state index contributed by atoms with van der Waals surface area (Å²) in [5.41, 5.74) is 2.41. The Hall–Kier alpha value is -1.35. The second kappa shape index (κ2) is 6.18. The van der Waals surface area contributed by atoms with Crippen molar-refractivity contribution in [1.29, 1.82) is 0 Å². The summed E-state index contributed by atoms with van der Waals surface area (Å²) in [6, 6.07) is 8.79. The predicted molar refractivity (Wildman–Crippen MR) is 86.3 cm³/mol. The monoisotopic (exact) mass is 286 g/mol. The highest BCUT2D eigenvalue weighted by atomic mass is 16.2. The number of amides is 1. The maximum Gasteiger partial charge on any atom is 0.230 e. The van der Waals surface area contributed by atoms with Gasteiger partial charge >= 0.3 is 0 Å². The minimum Gasteiger partial charge on any atom is -0.312 e. The van der Waals surface area contributed by atoms with Gasteiger partial charge in [-0.3, -0.25) is 4.79 Å².